The Morgan fingerprint density at radius 2 is 1.64 bits per heavy atom. The van der Waals surface area contributed by atoms with Gasteiger partial charge in [-0.25, -0.2) is 0 Å². The minimum absolute atomic E-state index is 0.190. The molecule has 134 valence electrons. The zero-order chi connectivity index (χ0) is 18.4. The first-order valence-corrected chi connectivity index (χ1v) is 6.96. The quantitative estimate of drug-likeness (QED) is 0.769. The monoisotopic (exact) mass is 359 g/mol. The van der Waals surface area contributed by atoms with Crippen LogP contribution < -0.4 is 14.8 Å². The Hall–Kier alpha value is -2.91. The summed E-state index contributed by atoms with van der Waals surface area (Å²) >= 11 is 0. The molecule has 1 aromatic carbocycles. The van der Waals surface area contributed by atoms with E-state index in [0.29, 0.717) is 5.69 Å². The van der Waals surface area contributed by atoms with E-state index in [2.05, 4.69) is 24.8 Å². The molecule has 0 aliphatic carbocycles. The smallest absolute Gasteiger partial charge is 0.387 e. The van der Waals surface area contributed by atoms with Crippen LogP contribution in [0.25, 0.3) is 0 Å². The van der Waals surface area contributed by atoms with Crippen LogP contribution in [0.5, 0.6) is 11.5 Å². The van der Waals surface area contributed by atoms with Gasteiger partial charge in [0.05, 0.1) is 17.9 Å². The summed E-state index contributed by atoms with van der Waals surface area (Å²) < 4.78 is 57.7. The molecule has 2 rings (SSSR count). The second-order valence-electron chi connectivity index (χ2n) is 4.78. The molecule has 0 saturated carbocycles. The zero-order valence-corrected chi connectivity index (χ0v) is 12.8. The fourth-order valence-corrected chi connectivity index (χ4v) is 1.93. The van der Waals surface area contributed by atoms with E-state index >= 15 is 0 Å². The maximum atomic E-state index is 12.4. The second kappa shape index (κ2) is 8.27. The number of aromatic nitrogens is 2. The second-order valence-corrected chi connectivity index (χ2v) is 4.78. The van der Waals surface area contributed by atoms with Crippen molar-refractivity contribution in [3.05, 3.63) is 48.0 Å². The van der Waals surface area contributed by atoms with Gasteiger partial charge < -0.3 is 14.8 Å². The van der Waals surface area contributed by atoms with Gasteiger partial charge in [-0.2, -0.15) is 17.6 Å². The van der Waals surface area contributed by atoms with Crippen molar-refractivity contribution >= 4 is 5.91 Å². The lowest BCUT2D eigenvalue weighted by Gasteiger charge is -2.15. The van der Waals surface area contributed by atoms with Gasteiger partial charge in [0.1, 0.15) is 11.5 Å². The van der Waals surface area contributed by atoms with Crippen LogP contribution in [0.2, 0.25) is 0 Å². The molecule has 0 aliphatic rings. The van der Waals surface area contributed by atoms with Crippen LogP contribution in [0.1, 0.15) is 29.0 Å². The average Bonchev–Trinajstić information content (AvgIpc) is 2.54. The van der Waals surface area contributed by atoms with Crippen molar-refractivity contribution in [2.75, 3.05) is 0 Å². The molecule has 0 fully saturated rings. The minimum atomic E-state index is -3.18. The van der Waals surface area contributed by atoms with Gasteiger partial charge in [0.15, 0.2) is 0 Å². The van der Waals surface area contributed by atoms with Gasteiger partial charge in [-0.1, -0.05) is 0 Å². The SMILES string of the molecule is CC(NC(=O)c1cc(OC(F)F)cc(OC(F)F)c1)c1cnccn1. The molecular weight excluding hydrogens is 346 g/mol. The number of ether oxygens (including phenoxy) is 2. The van der Waals surface area contributed by atoms with Crippen LogP contribution in [-0.2, 0) is 0 Å². The fourth-order valence-electron chi connectivity index (χ4n) is 1.93. The predicted molar refractivity (Wildman–Crippen MR) is 77.6 cm³/mol. The molecule has 0 bridgehead atoms. The van der Waals surface area contributed by atoms with E-state index in [-0.39, 0.29) is 5.56 Å². The number of hydrogen-bond donors (Lipinski definition) is 1. The number of alkyl halides is 4. The van der Waals surface area contributed by atoms with Gasteiger partial charge in [0.25, 0.3) is 5.91 Å². The Morgan fingerprint density at radius 1 is 1.04 bits per heavy atom. The Bertz CT molecular complexity index is 688. The molecule has 1 aromatic heterocycles. The van der Waals surface area contributed by atoms with Gasteiger partial charge in [-0.15, -0.1) is 0 Å². The maximum Gasteiger partial charge on any atom is 0.387 e. The first-order chi connectivity index (χ1) is 11.8. The lowest BCUT2D eigenvalue weighted by Crippen LogP contribution is -2.27. The van der Waals surface area contributed by atoms with Gasteiger partial charge in [-0.05, 0) is 19.1 Å². The van der Waals surface area contributed by atoms with E-state index in [9.17, 15) is 22.4 Å². The molecule has 0 saturated heterocycles. The molecule has 1 N–H and O–H groups in total. The lowest BCUT2D eigenvalue weighted by atomic mass is 10.1. The molecule has 0 spiro atoms. The summed E-state index contributed by atoms with van der Waals surface area (Å²) in [6, 6.07) is 2.26. The molecule has 10 heteroatoms. The third-order valence-electron chi connectivity index (χ3n) is 2.97. The van der Waals surface area contributed by atoms with E-state index in [1.165, 1.54) is 18.6 Å². The number of carbonyl (C=O) groups excluding carboxylic acids is 1. The fraction of sp³-hybridized carbons (Fsp3) is 0.267. The van der Waals surface area contributed by atoms with E-state index in [0.717, 1.165) is 18.2 Å². The molecule has 0 aliphatic heterocycles. The highest BCUT2D eigenvalue weighted by atomic mass is 19.3. The standard InChI is InChI=1S/C15H13F4N3O3/c1-8(12-7-20-2-3-21-12)22-13(23)9-4-10(24-14(16)17)6-11(5-9)25-15(18)19/h2-8,14-15H,1H3,(H,22,23). The number of rotatable bonds is 7. The van der Waals surface area contributed by atoms with E-state index in [1.807, 2.05) is 0 Å². The molecule has 25 heavy (non-hydrogen) atoms. The molecule has 1 unspecified atom stereocenters. The minimum Gasteiger partial charge on any atom is -0.435 e. The first kappa shape index (κ1) is 18.4. The average molecular weight is 359 g/mol. The summed E-state index contributed by atoms with van der Waals surface area (Å²) in [5.41, 5.74) is 0.268. The number of nitrogens with zero attached hydrogens (tertiary/aromatic N) is 2. The summed E-state index contributed by atoms with van der Waals surface area (Å²) in [6.45, 7) is -4.75. The van der Waals surface area contributed by atoms with Crippen molar-refractivity contribution < 1.29 is 31.8 Å². The number of nitrogens with one attached hydrogen (secondary N) is 1. The van der Waals surface area contributed by atoms with Crippen LogP contribution in [0.15, 0.2) is 36.8 Å². The molecule has 1 heterocycles. The van der Waals surface area contributed by atoms with Crippen molar-refractivity contribution in [1.29, 1.82) is 0 Å². The van der Waals surface area contributed by atoms with Crippen molar-refractivity contribution in [3.63, 3.8) is 0 Å². The third-order valence-corrected chi connectivity index (χ3v) is 2.97. The Labute approximate surface area is 139 Å². The lowest BCUT2D eigenvalue weighted by molar-refractivity contribution is -0.0543. The highest BCUT2D eigenvalue weighted by Gasteiger charge is 2.17. The highest BCUT2D eigenvalue weighted by molar-refractivity contribution is 5.95. The number of carbonyl (C=O) groups is 1. The van der Waals surface area contributed by atoms with Crippen molar-refractivity contribution in [3.8, 4) is 11.5 Å². The van der Waals surface area contributed by atoms with E-state index < -0.39 is 36.7 Å². The van der Waals surface area contributed by atoms with Gasteiger partial charge in [0, 0.05) is 24.0 Å². The zero-order valence-electron chi connectivity index (χ0n) is 12.8. The molecular formula is C15H13F4N3O3. The number of halogens is 4. The van der Waals surface area contributed by atoms with Gasteiger partial charge in [0.2, 0.25) is 0 Å². The molecule has 2 aromatic rings. The molecule has 0 radical (unpaired) electrons. The summed E-state index contributed by atoms with van der Waals surface area (Å²) in [4.78, 5) is 20.1. The Balaban J connectivity index is 2.21. The van der Waals surface area contributed by atoms with Crippen LogP contribution >= 0.6 is 0 Å². The van der Waals surface area contributed by atoms with Crippen LogP contribution in [0.4, 0.5) is 17.6 Å². The van der Waals surface area contributed by atoms with Gasteiger partial charge in [-0.3, -0.25) is 14.8 Å². The molecule has 1 amide bonds. The van der Waals surface area contributed by atoms with Crippen LogP contribution in [-0.4, -0.2) is 29.1 Å². The Morgan fingerprint density at radius 3 is 2.12 bits per heavy atom. The van der Waals surface area contributed by atoms with Crippen molar-refractivity contribution in [2.24, 2.45) is 0 Å². The Kier molecular flexibility index (Phi) is 6.09. The predicted octanol–water partition coefficient (Wildman–Crippen LogP) is 3.17. The largest absolute Gasteiger partial charge is 0.435 e. The number of amides is 1. The summed E-state index contributed by atoms with van der Waals surface area (Å²) in [5.74, 6) is -1.67. The van der Waals surface area contributed by atoms with E-state index in [4.69, 9.17) is 0 Å². The number of hydrogen-bond acceptors (Lipinski definition) is 5. The van der Waals surface area contributed by atoms with Crippen LogP contribution in [0.3, 0.4) is 0 Å². The first-order valence-electron chi connectivity index (χ1n) is 6.96. The summed E-state index contributed by atoms with van der Waals surface area (Å²) in [6.07, 6.45) is 4.33. The summed E-state index contributed by atoms with van der Waals surface area (Å²) in [7, 11) is 0. The highest BCUT2D eigenvalue weighted by Crippen LogP contribution is 2.26. The van der Waals surface area contributed by atoms with Crippen LogP contribution in [0, 0.1) is 0 Å². The molecule has 6 nitrogen and oxygen atoms in total. The van der Waals surface area contributed by atoms with Crippen molar-refractivity contribution in [1.82, 2.24) is 15.3 Å². The maximum absolute atomic E-state index is 12.4. The molecule has 1 atom stereocenters. The van der Waals surface area contributed by atoms with Gasteiger partial charge >= 0.3 is 13.2 Å². The normalized spacial score (nSPS) is 12.1. The topological polar surface area (TPSA) is 73.3 Å². The third kappa shape index (κ3) is 5.59. The van der Waals surface area contributed by atoms with E-state index in [1.54, 1.807) is 6.92 Å². The van der Waals surface area contributed by atoms with Crippen molar-refractivity contribution in [2.45, 2.75) is 26.2 Å². The number of benzene rings is 1. The summed E-state index contributed by atoms with van der Waals surface area (Å²) in [5, 5.41) is 2.55.